The molecule has 0 heterocycles. The molecule has 0 bridgehead atoms. The zero-order valence-electron chi connectivity index (χ0n) is 1.56. The van der Waals surface area contributed by atoms with Crippen molar-refractivity contribution < 1.29 is 25.2 Å². The van der Waals surface area contributed by atoms with E-state index in [2.05, 4.69) is 0 Å². The summed E-state index contributed by atoms with van der Waals surface area (Å²) in [4.78, 5) is 0. The Morgan fingerprint density at radius 2 is 1.25 bits per heavy atom. The van der Waals surface area contributed by atoms with Gasteiger partial charge >= 0.3 is 47.0 Å². The van der Waals surface area contributed by atoms with Gasteiger partial charge in [0.15, 0.2) is 0 Å². The fraction of sp³-hybridized carbons (Fsp3) is 0. The van der Waals surface area contributed by atoms with Crippen molar-refractivity contribution in [2.75, 3.05) is 0 Å². The molecule has 0 amide bonds. The molecule has 0 N–H and O–H groups in total. The number of hydrogen-bond acceptors (Lipinski definition) is 1. The quantitative estimate of drug-likeness (QED) is 0.443. The zero-order chi connectivity index (χ0) is 2.00. The molecule has 0 aromatic carbocycles. The topological polar surface area (TPSA) is 17.1 Å². The Labute approximate surface area is 68.5 Å². The number of rotatable bonds is 0. The molecule has 0 unspecified atom stereocenters. The monoisotopic (exact) mass is 385 g/mol. The first-order valence-corrected chi connectivity index (χ1v) is 1.94. The van der Waals surface area contributed by atoms with Crippen LogP contribution < -0.4 is 0 Å². The van der Waals surface area contributed by atoms with Crippen LogP contribution >= 0.6 is 0 Å². The molecular formula is H4GaInOTa. The predicted molar refractivity (Wildman–Crippen MR) is 17.8 cm³/mol. The van der Waals surface area contributed by atoms with E-state index < -0.39 is 0 Å². The average molecular weight is 386 g/mol. The van der Waals surface area contributed by atoms with E-state index in [4.69, 9.17) is 2.85 Å². The van der Waals surface area contributed by atoms with Crippen molar-refractivity contribution in [2.24, 2.45) is 0 Å². The van der Waals surface area contributed by atoms with Gasteiger partial charge in [0, 0.05) is 22.4 Å². The molecule has 21 valence electrons. The smallest absolute Gasteiger partial charge is 0 e. The predicted octanol–water partition coefficient (Wildman–Crippen LogP) is -1.95. The van der Waals surface area contributed by atoms with Crippen LogP contribution in [-0.2, 0) is 25.2 Å². The maximum atomic E-state index is 8.42. The Hall–Kier alpha value is 2.05. The van der Waals surface area contributed by atoms with Crippen molar-refractivity contribution in [1.29, 1.82) is 0 Å². The minimum Gasteiger partial charge on any atom is 0 e. The first-order valence-electron chi connectivity index (χ1n) is 0.289. The molecule has 0 aromatic heterocycles. The Kier molecular flexibility index (Phi) is 81.8. The van der Waals surface area contributed by atoms with Gasteiger partial charge in [-0.15, -0.1) is 0 Å². The summed E-state index contributed by atoms with van der Waals surface area (Å²) in [6.07, 6.45) is 0. The van der Waals surface area contributed by atoms with Crippen LogP contribution in [0.4, 0.5) is 0 Å². The SMILES string of the molecule is [GaH3].[O]=[InH].[Ta]. The normalized spacial score (nSPS) is 0.750. The molecule has 4 heavy (non-hydrogen) atoms. The molecule has 0 aliphatic rings. The first kappa shape index (κ1) is 16.6. The summed E-state index contributed by atoms with van der Waals surface area (Å²) in [6, 6.07) is 0. The van der Waals surface area contributed by atoms with Crippen LogP contribution in [0.15, 0.2) is 0 Å². The van der Waals surface area contributed by atoms with Crippen LogP contribution in [0.2, 0.25) is 0 Å². The van der Waals surface area contributed by atoms with Crippen LogP contribution in [-0.4, -0.2) is 44.2 Å². The van der Waals surface area contributed by atoms with Crippen molar-refractivity contribution in [3.63, 3.8) is 0 Å². The van der Waals surface area contributed by atoms with Crippen LogP contribution in [0, 0.1) is 0 Å². The van der Waals surface area contributed by atoms with E-state index in [1.54, 1.807) is 0 Å². The largest absolute Gasteiger partial charge is 0 e. The third kappa shape index (κ3) is 8.97. The molecule has 0 aliphatic carbocycles. The molecule has 0 saturated heterocycles. The summed E-state index contributed by atoms with van der Waals surface area (Å²) in [5.41, 5.74) is 0. The van der Waals surface area contributed by atoms with E-state index in [0.717, 1.165) is 0 Å². The minimum atomic E-state index is -0.1000. The molecule has 0 spiro atoms. The van der Waals surface area contributed by atoms with Crippen molar-refractivity contribution in [1.82, 2.24) is 0 Å². The minimum absolute atomic E-state index is 0. The third-order valence-electron chi connectivity index (χ3n) is 0. The van der Waals surface area contributed by atoms with E-state index in [-0.39, 0.29) is 66.5 Å². The molecule has 0 atom stereocenters. The van der Waals surface area contributed by atoms with Gasteiger partial charge in [-0.1, -0.05) is 0 Å². The standard InChI is InChI=1S/Ga.In.O.Ta.4H. The Morgan fingerprint density at radius 1 is 1.25 bits per heavy atom. The molecule has 4 heteroatoms. The zero-order valence-corrected chi connectivity index (χ0v) is 8.81. The van der Waals surface area contributed by atoms with Gasteiger partial charge in [0.1, 0.15) is 0 Å². The second-order valence-electron chi connectivity index (χ2n) is 0. The molecule has 0 aromatic rings. The average Bonchev–Trinajstić information content (AvgIpc) is 1.00. The van der Waals surface area contributed by atoms with Gasteiger partial charge in [-0.2, -0.15) is 0 Å². The van der Waals surface area contributed by atoms with Gasteiger partial charge in [-0.05, 0) is 0 Å². The van der Waals surface area contributed by atoms with Gasteiger partial charge in [0.25, 0.3) is 0 Å². The maximum Gasteiger partial charge on any atom is 0 e. The Morgan fingerprint density at radius 3 is 1.25 bits per heavy atom. The molecule has 0 saturated carbocycles. The molecule has 0 aliphatic heterocycles. The molecule has 0 rings (SSSR count). The second-order valence-corrected chi connectivity index (χ2v) is 0. The Balaban J connectivity index is -0.00000000500. The summed E-state index contributed by atoms with van der Waals surface area (Å²) in [6.45, 7) is 0. The summed E-state index contributed by atoms with van der Waals surface area (Å²) in [5.74, 6) is 0. The van der Waals surface area contributed by atoms with E-state index in [0.29, 0.717) is 0 Å². The fourth-order valence-corrected chi connectivity index (χ4v) is 0. The Bertz CT molecular complexity index is 8.00. The summed E-state index contributed by atoms with van der Waals surface area (Å²) >= 11 is -0.1000. The van der Waals surface area contributed by atoms with E-state index in [1.807, 2.05) is 0 Å². The van der Waals surface area contributed by atoms with Crippen molar-refractivity contribution in [3.8, 4) is 0 Å². The van der Waals surface area contributed by atoms with Crippen molar-refractivity contribution >= 4 is 44.2 Å². The van der Waals surface area contributed by atoms with Crippen LogP contribution in [0.25, 0.3) is 0 Å². The van der Waals surface area contributed by atoms with Crippen LogP contribution in [0.3, 0.4) is 0 Å². The van der Waals surface area contributed by atoms with Gasteiger partial charge < -0.3 is 0 Å². The van der Waals surface area contributed by atoms with E-state index in [9.17, 15) is 0 Å². The molecular weight excluding hydrogens is 381 g/mol. The molecule has 1 nitrogen and oxygen atoms in total. The summed E-state index contributed by atoms with van der Waals surface area (Å²) in [5, 5.41) is 0. The van der Waals surface area contributed by atoms with Gasteiger partial charge in [-0.3, -0.25) is 0 Å². The summed E-state index contributed by atoms with van der Waals surface area (Å²) < 4.78 is 8.42. The van der Waals surface area contributed by atoms with Crippen molar-refractivity contribution in [2.45, 2.75) is 0 Å². The van der Waals surface area contributed by atoms with E-state index >= 15 is 0 Å². The van der Waals surface area contributed by atoms with Gasteiger partial charge in [0.05, 0.1) is 0 Å². The van der Waals surface area contributed by atoms with Gasteiger partial charge in [-0.25, -0.2) is 0 Å². The fourth-order valence-electron chi connectivity index (χ4n) is 0. The molecule has 1 radical (unpaired) electrons. The molecule has 0 fully saturated rings. The van der Waals surface area contributed by atoms with E-state index in [1.165, 1.54) is 0 Å². The maximum absolute atomic E-state index is 8.42. The van der Waals surface area contributed by atoms with Crippen LogP contribution in [0.5, 0.6) is 0 Å². The van der Waals surface area contributed by atoms with Crippen LogP contribution in [0.1, 0.15) is 0 Å². The third-order valence-corrected chi connectivity index (χ3v) is 0. The number of hydrogen-bond donors (Lipinski definition) is 0. The van der Waals surface area contributed by atoms with Gasteiger partial charge in [0.2, 0.25) is 0 Å². The summed E-state index contributed by atoms with van der Waals surface area (Å²) in [7, 11) is 0. The van der Waals surface area contributed by atoms with Crippen molar-refractivity contribution in [3.05, 3.63) is 0 Å². The second kappa shape index (κ2) is 19.7. The first-order chi connectivity index (χ1) is 1.00.